The van der Waals surface area contributed by atoms with Crippen molar-refractivity contribution in [2.24, 2.45) is 4.99 Å². The predicted octanol–water partition coefficient (Wildman–Crippen LogP) is 4.07. The van der Waals surface area contributed by atoms with Crippen molar-refractivity contribution < 1.29 is 9.84 Å². The molecule has 0 radical (unpaired) electrons. The molecule has 1 atom stereocenters. The Morgan fingerprint density at radius 3 is 2.50 bits per heavy atom. The van der Waals surface area contributed by atoms with Crippen LogP contribution in [0.1, 0.15) is 43.4 Å². The Kier molecular flexibility index (Phi) is 8.55. The van der Waals surface area contributed by atoms with E-state index in [1.54, 1.807) is 0 Å². The highest BCUT2D eigenvalue weighted by molar-refractivity contribution is 6.31. The van der Waals surface area contributed by atoms with E-state index >= 15 is 0 Å². The van der Waals surface area contributed by atoms with Crippen LogP contribution in [-0.4, -0.2) is 43.9 Å². The summed E-state index contributed by atoms with van der Waals surface area (Å²) in [5, 5.41) is 17.8. The zero-order chi connectivity index (χ0) is 21.2. The monoisotopic (exact) mass is 429 g/mol. The van der Waals surface area contributed by atoms with Crippen LogP contribution in [-0.2, 0) is 10.2 Å². The third-order valence-corrected chi connectivity index (χ3v) is 6.00. The molecule has 2 aromatic carbocycles. The summed E-state index contributed by atoms with van der Waals surface area (Å²) in [6.45, 7) is 5.52. The van der Waals surface area contributed by atoms with Gasteiger partial charge in [-0.3, -0.25) is 4.99 Å². The van der Waals surface area contributed by atoms with Crippen LogP contribution in [0.4, 0.5) is 0 Å². The Bertz CT molecular complexity index is 807. The van der Waals surface area contributed by atoms with E-state index in [1.807, 2.05) is 55.5 Å². The first-order chi connectivity index (χ1) is 14.6. The summed E-state index contributed by atoms with van der Waals surface area (Å²) in [5.41, 5.74) is 1.96. The summed E-state index contributed by atoms with van der Waals surface area (Å²) in [4.78, 5) is 4.89. The molecule has 3 N–H and O–H groups in total. The Balaban J connectivity index is 1.66. The molecular formula is C24H32ClN3O2. The van der Waals surface area contributed by atoms with Crippen molar-refractivity contribution in [2.45, 2.75) is 37.7 Å². The first-order valence-corrected chi connectivity index (χ1v) is 11.1. The number of aliphatic hydroxyl groups excluding tert-OH is 1. The molecule has 0 amide bonds. The number of nitrogens with zero attached hydrogens (tertiary/aromatic N) is 1. The number of aliphatic hydroxyl groups is 1. The van der Waals surface area contributed by atoms with Crippen LogP contribution in [0, 0.1) is 0 Å². The maximum Gasteiger partial charge on any atom is 0.191 e. The molecule has 1 fully saturated rings. The molecule has 6 heteroatoms. The molecular weight excluding hydrogens is 398 g/mol. The second kappa shape index (κ2) is 11.3. The van der Waals surface area contributed by atoms with Crippen molar-refractivity contribution in [3.05, 3.63) is 70.7 Å². The molecule has 1 saturated heterocycles. The normalized spacial score (nSPS) is 17.4. The van der Waals surface area contributed by atoms with E-state index in [-0.39, 0.29) is 5.41 Å². The Morgan fingerprint density at radius 1 is 1.10 bits per heavy atom. The van der Waals surface area contributed by atoms with Gasteiger partial charge in [0, 0.05) is 36.7 Å². The lowest BCUT2D eigenvalue weighted by Crippen LogP contribution is -2.41. The summed E-state index contributed by atoms with van der Waals surface area (Å²) in [5.74, 6) is 0.760. The molecule has 1 aliphatic rings. The highest BCUT2D eigenvalue weighted by atomic mass is 35.5. The van der Waals surface area contributed by atoms with Gasteiger partial charge >= 0.3 is 0 Å². The van der Waals surface area contributed by atoms with Crippen molar-refractivity contribution in [3.8, 4) is 0 Å². The SMILES string of the molecule is CCNC(=NCC1(c2ccccc2Cl)CCOCC1)NCCC(O)c1ccccc1. The van der Waals surface area contributed by atoms with Gasteiger partial charge in [0.1, 0.15) is 0 Å². The summed E-state index contributed by atoms with van der Waals surface area (Å²) >= 11 is 6.55. The van der Waals surface area contributed by atoms with Gasteiger partial charge in [0.05, 0.1) is 12.6 Å². The first-order valence-electron chi connectivity index (χ1n) is 10.7. The van der Waals surface area contributed by atoms with Crippen molar-refractivity contribution >= 4 is 17.6 Å². The van der Waals surface area contributed by atoms with Crippen LogP contribution < -0.4 is 10.6 Å². The van der Waals surface area contributed by atoms with Gasteiger partial charge in [0.2, 0.25) is 0 Å². The average molecular weight is 430 g/mol. The second-order valence-corrected chi connectivity index (χ2v) is 8.12. The number of nitrogens with one attached hydrogen (secondary N) is 2. The van der Waals surface area contributed by atoms with E-state index in [2.05, 4.69) is 16.7 Å². The molecule has 3 rings (SSSR count). The van der Waals surface area contributed by atoms with Crippen LogP contribution in [0.5, 0.6) is 0 Å². The quantitative estimate of drug-likeness (QED) is 0.437. The van der Waals surface area contributed by atoms with Gasteiger partial charge in [-0.15, -0.1) is 0 Å². The molecule has 0 saturated carbocycles. The number of halogens is 1. The fourth-order valence-electron chi connectivity index (χ4n) is 3.91. The molecule has 0 aromatic heterocycles. The van der Waals surface area contributed by atoms with Crippen LogP contribution in [0.3, 0.4) is 0 Å². The minimum atomic E-state index is -0.494. The molecule has 1 unspecified atom stereocenters. The van der Waals surface area contributed by atoms with Crippen LogP contribution in [0.25, 0.3) is 0 Å². The zero-order valence-electron chi connectivity index (χ0n) is 17.6. The third kappa shape index (κ3) is 5.97. The van der Waals surface area contributed by atoms with Gasteiger partial charge in [-0.05, 0) is 43.4 Å². The summed E-state index contributed by atoms with van der Waals surface area (Å²) in [7, 11) is 0. The largest absolute Gasteiger partial charge is 0.388 e. The number of ether oxygens (including phenoxy) is 1. The maximum absolute atomic E-state index is 10.4. The van der Waals surface area contributed by atoms with E-state index in [0.29, 0.717) is 32.7 Å². The first kappa shape index (κ1) is 22.6. The summed E-state index contributed by atoms with van der Waals surface area (Å²) < 4.78 is 5.62. The van der Waals surface area contributed by atoms with E-state index in [1.165, 1.54) is 0 Å². The summed E-state index contributed by atoms with van der Waals surface area (Å²) in [6, 6.07) is 17.8. The third-order valence-electron chi connectivity index (χ3n) is 5.67. The van der Waals surface area contributed by atoms with Crippen molar-refractivity contribution in [1.82, 2.24) is 10.6 Å². The van der Waals surface area contributed by atoms with Crippen LogP contribution in [0.2, 0.25) is 5.02 Å². The molecule has 0 bridgehead atoms. The van der Waals surface area contributed by atoms with Gasteiger partial charge in [0.15, 0.2) is 5.96 Å². The lowest BCUT2D eigenvalue weighted by molar-refractivity contribution is 0.0531. The Labute approximate surface area is 184 Å². The highest BCUT2D eigenvalue weighted by Crippen LogP contribution is 2.38. The van der Waals surface area contributed by atoms with E-state index in [4.69, 9.17) is 21.3 Å². The lowest BCUT2D eigenvalue weighted by atomic mass is 9.74. The van der Waals surface area contributed by atoms with E-state index < -0.39 is 6.10 Å². The van der Waals surface area contributed by atoms with E-state index in [9.17, 15) is 5.11 Å². The standard InChI is InChI=1S/C24H32ClN3O2/c1-2-26-23(27-15-12-22(29)19-8-4-3-5-9-19)28-18-24(13-16-30-17-14-24)20-10-6-7-11-21(20)25/h3-11,22,29H,2,12-18H2,1H3,(H2,26,27,28). The van der Waals surface area contributed by atoms with Crippen molar-refractivity contribution in [2.75, 3.05) is 32.8 Å². The molecule has 1 aliphatic heterocycles. The minimum absolute atomic E-state index is 0.123. The van der Waals surface area contributed by atoms with Crippen LogP contribution in [0.15, 0.2) is 59.6 Å². The molecule has 2 aromatic rings. The number of aliphatic imine (C=N–C) groups is 1. The second-order valence-electron chi connectivity index (χ2n) is 7.71. The van der Waals surface area contributed by atoms with E-state index in [0.717, 1.165) is 41.5 Å². The van der Waals surface area contributed by atoms with Gasteiger partial charge in [-0.1, -0.05) is 60.1 Å². The minimum Gasteiger partial charge on any atom is -0.388 e. The van der Waals surface area contributed by atoms with Gasteiger partial charge in [-0.2, -0.15) is 0 Å². The average Bonchev–Trinajstić information content (AvgIpc) is 2.79. The molecule has 162 valence electrons. The number of hydrogen-bond donors (Lipinski definition) is 3. The van der Waals surface area contributed by atoms with Gasteiger partial charge in [-0.25, -0.2) is 0 Å². The molecule has 1 heterocycles. The maximum atomic E-state index is 10.4. The highest BCUT2D eigenvalue weighted by Gasteiger charge is 2.36. The summed E-state index contributed by atoms with van der Waals surface area (Å²) in [6.07, 6.45) is 1.91. The Hall–Kier alpha value is -2.08. The Morgan fingerprint density at radius 2 is 1.80 bits per heavy atom. The zero-order valence-corrected chi connectivity index (χ0v) is 18.4. The molecule has 30 heavy (non-hydrogen) atoms. The topological polar surface area (TPSA) is 65.9 Å². The fourth-order valence-corrected chi connectivity index (χ4v) is 4.24. The predicted molar refractivity (Wildman–Crippen MR) is 123 cm³/mol. The smallest absolute Gasteiger partial charge is 0.191 e. The number of benzene rings is 2. The molecule has 5 nitrogen and oxygen atoms in total. The fraction of sp³-hybridized carbons (Fsp3) is 0.458. The lowest BCUT2D eigenvalue weighted by Gasteiger charge is -2.37. The number of guanidine groups is 1. The number of hydrogen-bond acceptors (Lipinski definition) is 3. The van der Waals surface area contributed by atoms with Gasteiger partial charge < -0.3 is 20.5 Å². The van der Waals surface area contributed by atoms with Crippen molar-refractivity contribution in [1.29, 1.82) is 0 Å². The van der Waals surface area contributed by atoms with Crippen molar-refractivity contribution in [3.63, 3.8) is 0 Å². The van der Waals surface area contributed by atoms with Crippen LogP contribution >= 0.6 is 11.6 Å². The van der Waals surface area contributed by atoms with Gasteiger partial charge in [0.25, 0.3) is 0 Å². The molecule has 0 aliphatic carbocycles. The molecule has 0 spiro atoms. The number of rotatable bonds is 8.